The number of hydrogen-bond acceptors (Lipinski definition) is 1. The van der Waals surface area contributed by atoms with Crippen molar-refractivity contribution in [2.45, 2.75) is 12.8 Å². The molecule has 1 heteroatoms. The van der Waals surface area contributed by atoms with Crippen LogP contribution in [0.15, 0.2) is 24.3 Å². The Morgan fingerprint density at radius 1 is 1.25 bits per heavy atom. The van der Waals surface area contributed by atoms with Crippen LogP contribution in [0, 0.1) is 12.3 Å². The van der Waals surface area contributed by atoms with Gasteiger partial charge in [0.15, 0.2) is 0 Å². The fourth-order valence-electron chi connectivity index (χ4n) is 1.25. The molecule has 0 unspecified atom stereocenters. The van der Waals surface area contributed by atoms with Crippen molar-refractivity contribution in [3.8, 4) is 5.75 Å². The fourth-order valence-corrected chi connectivity index (χ4v) is 1.25. The molecule has 0 amide bonds. The van der Waals surface area contributed by atoms with Crippen molar-refractivity contribution < 1.29 is 4.74 Å². The monoisotopic (exact) mass is 161 g/mol. The quantitative estimate of drug-likeness (QED) is 0.662. The molecular formula is C11H13O. The maximum Gasteiger partial charge on any atom is 0.118 e. The third-order valence-electron chi connectivity index (χ3n) is 2.17. The SMILES string of the molecule is COc1ccc([CH]C2CC2)cc1. The van der Waals surface area contributed by atoms with Crippen LogP contribution in [0.5, 0.6) is 5.75 Å². The Bertz CT molecular complexity index is 246. The van der Waals surface area contributed by atoms with E-state index in [4.69, 9.17) is 4.74 Å². The molecule has 0 saturated heterocycles. The molecule has 2 rings (SSSR count). The van der Waals surface area contributed by atoms with Crippen molar-refractivity contribution >= 4 is 0 Å². The molecule has 0 aliphatic heterocycles. The van der Waals surface area contributed by atoms with Crippen LogP contribution in [0.4, 0.5) is 0 Å². The molecule has 0 aromatic heterocycles. The normalized spacial score (nSPS) is 16.1. The summed E-state index contributed by atoms with van der Waals surface area (Å²) in [6.45, 7) is 0. The standard InChI is InChI=1S/C11H13O/c1-12-11-6-4-10(5-7-11)8-9-2-3-9/h4-9H,2-3H2,1H3. The van der Waals surface area contributed by atoms with Gasteiger partial charge in [-0.25, -0.2) is 0 Å². The van der Waals surface area contributed by atoms with E-state index in [1.165, 1.54) is 18.4 Å². The zero-order chi connectivity index (χ0) is 8.39. The molecule has 0 spiro atoms. The summed E-state index contributed by atoms with van der Waals surface area (Å²) in [5, 5.41) is 0. The average Bonchev–Trinajstić information content (AvgIpc) is 2.90. The van der Waals surface area contributed by atoms with Crippen LogP contribution in [0.3, 0.4) is 0 Å². The lowest BCUT2D eigenvalue weighted by Gasteiger charge is -2.01. The molecule has 1 fully saturated rings. The first-order valence-corrected chi connectivity index (χ1v) is 4.37. The first-order chi connectivity index (χ1) is 5.88. The molecule has 1 aromatic carbocycles. The summed E-state index contributed by atoms with van der Waals surface area (Å²) in [6.07, 6.45) is 5.07. The van der Waals surface area contributed by atoms with Crippen molar-refractivity contribution in [1.29, 1.82) is 0 Å². The van der Waals surface area contributed by atoms with Gasteiger partial charge in [0.2, 0.25) is 0 Å². The van der Waals surface area contributed by atoms with Crippen molar-refractivity contribution in [1.82, 2.24) is 0 Å². The second-order valence-corrected chi connectivity index (χ2v) is 3.28. The van der Waals surface area contributed by atoms with E-state index in [0.29, 0.717) is 0 Å². The molecule has 0 heterocycles. The first kappa shape index (κ1) is 7.66. The van der Waals surface area contributed by atoms with Crippen LogP contribution < -0.4 is 4.74 Å². The molecule has 1 nitrogen and oxygen atoms in total. The summed E-state index contributed by atoms with van der Waals surface area (Å²) >= 11 is 0. The summed E-state index contributed by atoms with van der Waals surface area (Å²) in [4.78, 5) is 0. The topological polar surface area (TPSA) is 9.23 Å². The van der Waals surface area contributed by atoms with Crippen LogP contribution in [0.25, 0.3) is 0 Å². The Balaban J connectivity index is 2.02. The second kappa shape index (κ2) is 3.18. The Morgan fingerprint density at radius 2 is 1.92 bits per heavy atom. The van der Waals surface area contributed by atoms with Crippen LogP contribution in [-0.4, -0.2) is 7.11 Å². The summed E-state index contributed by atoms with van der Waals surface area (Å²) in [5.74, 6) is 1.78. The van der Waals surface area contributed by atoms with Crippen molar-refractivity contribution in [3.63, 3.8) is 0 Å². The third kappa shape index (κ3) is 1.79. The number of ether oxygens (including phenoxy) is 1. The minimum absolute atomic E-state index is 0.846. The number of hydrogen-bond donors (Lipinski definition) is 0. The third-order valence-corrected chi connectivity index (χ3v) is 2.17. The van der Waals surface area contributed by atoms with E-state index in [2.05, 4.69) is 18.6 Å². The largest absolute Gasteiger partial charge is 0.497 e. The van der Waals surface area contributed by atoms with Gasteiger partial charge in [0.25, 0.3) is 0 Å². The van der Waals surface area contributed by atoms with Crippen molar-refractivity contribution in [2.75, 3.05) is 7.11 Å². The second-order valence-electron chi connectivity index (χ2n) is 3.28. The lowest BCUT2D eigenvalue weighted by atomic mass is 10.1. The van der Waals surface area contributed by atoms with Crippen molar-refractivity contribution in [2.24, 2.45) is 5.92 Å². The van der Waals surface area contributed by atoms with Gasteiger partial charge in [-0.2, -0.15) is 0 Å². The Labute approximate surface area is 73.4 Å². The first-order valence-electron chi connectivity index (χ1n) is 4.37. The minimum Gasteiger partial charge on any atom is -0.497 e. The highest BCUT2D eigenvalue weighted by atomic mass is 16.5. The Kier molecular flexibility index (Phi) is 2.03. The summed E-state index contributed by atoms with van der Waals surface area (Å²) in [5.41, 5.74) is 1.32. The Morgan fingerprint density at radius 3 is 2.42 bits per heavy atom. The molecular weight excluding hydrogens is 148 g/mol. The van der Waals surface area contributed by atoms with Gasteiger partial charge in [-0.3, -0.25) is 0 Å². The molecule has 1 aliphatic rings. The maximum absolute atomic E-state index is 5.08. The Hall–Kier alpha value is -0.980. The van der Waals surface area contributed by atoms with E-state index in [1.54, 1.807) is 7.11 Å². The molecule has 1 aromatic rings. The van der Waals surface area contributed by atoms with Gasteiger partial charge in [-0.05, 0) is 42.9 Å². The smallest absolute Gasteiger partial charge is 0.118 e. The minimum atomic E-state index is 0.846. The van der Waals surface area contributed by atoms with Crippen LogP contribution in [-0.2, 0) is 0 Å². The molecule has 1 aliphatic carbocycles. The van der Waals surface area contributed by atoms with E-state index in [-0.39, 0.29) is 0 Å². The van der Waals surface area contributed by atoms with E-state index in [9.17, 15) is 0 Å². The molecule has 63 valence electrons. The van der Waals surface area contributed by atoms with E-state index in [0.717, 1.165) is 11.7 Å². The van der Waals surface area contributed by atoms with Crippen LogP contribution in [0.2, 0.25) is 0 Å². The zero-order valence-corrected chi connectivity index (χ0v) is 7.29. The van der Waals surface area contributed by atoms with Crippen molar-refractivity contribution in [3.05, 3.63) is 36.2 Å². The fraction of sp³-hybridized carbons (Fsp3) is 0.364. The summed E-state index contributed by atoms with van der Waals surface area (Å²) in [7, 11) is 1.69. The zero-order valence-electron chi connectivity index (χ0n) is 7.29. The molecule has 0 N–H and O–H groups in total. The van der Waals surface area contributed by atoms with Crippen LogP contribution in [0.1, 0.15) is 18.4 Å². The number of methoxy groups -OCH3 is 1. The van der Waals surface area contributed by atoms with E-state index in [1.807, 2.05) is 12.1 Å². The number of rotatable bonds is 3. The highest BCUT2D eigenvalue weighted by Gasteiger charge is 2.21. The van der Waals surface area contributed by atoms with Gasteiger partial charge < -0.3 is 4.74 Å². The molecule has 12 heavy (non-hydrogen) atoms. The predicted octanol–water partition coefficient (Wildman–Crippen LogP) is 2.66. The van der Waals surface area contributed by atoms with Gasteiger partial charge in [-0.15, -0.1) is 0 Å². The molecule has 1 radical (unpaired) electrons. The maximum atomic E-state index is 5.08. The van der Waals surface area contributed by atoms with Gasteiger partial charge in [0.05, 0.1) is 7.11 Å². The highest BCUT2D eigenvalue weighted by Crippen LogP contribution is 2.34. The van der Waals surface area contributed by atoms with Gasteiger partial charge in [0, 0.05) is 0 Å². The molecule has 0 bridgehead atoms. The molecule has 1 saturated carbocycles. The van der Waals surface area contributed by atoms with Gasteiger partial charge in [0.1, 0.15) is 5.75 Å². The van der Waals surface area contributed by atoms with Gasteiger partial charge >= 0.3 is 0 Å². The summed E-state index contributed by atoms with van der Waals surface area (Å²) < 4.78 is 5.08. The number of benzene rings is 1. The average molecular weight is 161 g/mol. The predicted molar refractivity (Wildman–Crippen MR) is 49.1 cm³/mol. The van der Waals surface area contributed by atoms with Gasteiger partial charge in [-0.1, -0.05) is 12.1 Å². The lowest BCUT2D eigenvalue weighted by molar-refractivity contribution is 0.414. The van der Waals surface area contributed by atoms with Crippen LogP contribution >= 0.6 is 0 Å². The van der Waals surface area contributed by atoms with E-state index < -0.39 is 0 Å². The highest BCUT2D eigenvalue weighted by molar-refractivity contribution is 5.32. The lowest BCUT2D eigenvalue weighted by Crippen LogP contribution is -1.85. The van der Waals surface area contributed by atoms with E-state index >= 15 is 0 Å². The summed E-state index contributed by atoms with van der Waals surface area (Å²) in [6, 6.07) is 8.23. The molecule has 0 atom stereocenters.